The Hall–Kier alpha value is -1.79. The van der Waals surface area contributed by atoms with Crippen molar-refractivity contribution >= 4 is 28.4 Å². The number of nitrogens with one attached hydrogen (secondary N) is 1. The van der Waals surface area contributed by atoms with Gasteiger partial charge in [0.05, 0.1) is 12.8 Å². The number of rotatable bonds is 4. The van der Waals surface area contributed by atoms with Crippen LogP contribution in [0.15, 0.2) is 34.3 Å². The normalized spacial score (nSPS) is 20.2. The van der Waals surface area contributed by atoms with Crippen molar-refractivity contribution in [1.82, 2.24) is 5.43 Å². The second-order valence-corrected chi connectivity index (χ2v) is 6.61. The van der Waals surface area contributed by atoms with E-state index in [-0.39, 0.29) is 11.8 Å². The molecule has 22 heavy (non-hydrogen) atoms. The zero-order chi connectivity index (χ0) is 16.3. The van der Waals surface area contributed by atoms with Gasteiger partial charge in [0, 0.05) is 17.9 Å². The van der Waals surface area contributed by atoms with E-state index in [0.29, 0.717) is 17.1 Å². The highest BCUT2D eigenvalue weighted by molar-refractivity contribution is 7.90. The molecule has 2 rings (SSSR count). The average molecular weight is 320 g/mol. The molecule has 0 saturated carbocycles. The lowest BCUT2D eigenvalue weighted by atomic mass is 9.96. The number of hydrazone groups is 1. The van der Waals surface area contributed by atoms with Crippen LogP contribution in [-0.4, -0.2) is 29.5 Å². The Morgan fingerprint density at radius 2 is 2.27 bits per heavy atom. The predicted octanol–water partition coefficient (Wildman–Crippen LogP) is 2.35. The maximum absolute atomic E-state index is 12.1. The molecule has 2 unspecified atom stereocenters. The molecule has 0 bridgehead atoms. The molecule has 1 heterocycles. The summed E-state index contributed by atoms with van der Waals surface area (Å²) in [5, 5.41) is 4.11. The summed E-state index contributed by atoms with van der Waals surface area (Å²) in [5.74, 6) is 0.599. The molecule has 0 fully saturated rings. The average Bonchev–Trinajstić information content (AvgIpc) is 2.48. The first-order chi connectivity index (χ1) is 10.4. The monoisotopic (exact) mass is 320 g/mol. The number of ether oxygens (including phenoxy) is 1. The molecule has 1 N–H and O–H groups in total. The molecular formula is C16H20N2O3S. The van der Waals surface area contributed by atoms with Gasteiger partial charge in [-0.2, -0.15) is 5.10 Å². The van der Waals surface area contributed by atoms with Gasteiger partial charge in [-0.15, -0.1) is 0 Å². The maximum Gasteiger partial charge on any atom is 0.240 e. The number of hydrogen-bond donors (Lipinski definition) is 1. The van der Waals surface area contributed by atoms with Crippen LogP contribution >= 0.6 is 0 Å². The van der Waals surface area contributed by atoms with E-state index >= 15 is 0 Å². The molecule has 2 atom stereocenters. The fourth-order valence-corrected chi connectivity index (χ4v) is 3.40. The highest BCUT2D eigenvalue weighted by Crippen LogP contribution is 2.32. The minimum absolute atomic E-state index is 0.0601. The first-order valence-corrected chi connectivity index (χ1v) is 8.55. The number of carbonyl (C=O) groups excluding carboxylic acids is 1. The van der Waals surface area contributed by atoms with Crippen LogP contribution in [0.4, 0.5) is 0 Å². The smallest absolute Gasteiger partial charge is 0.240 e. The highest BCUT2D eigenvalue weighted by atomic mass is 32.2. The number of carbonyl (C=O) groups is 1. The Morgan fingerprint density at radius 1 is 1.55 bits per heavy atom. The van der Waals surface area contributed by atoms with Gasteiger partial charge < -0.3 is 9.29 Å². The molecule has 5 nitrogen and oxygen atoms in total. The second kappa shape index (κ2) is 6.98. The van der Waals surface area contributed by atoms with E-state index in [9.17, 15) is 9.35 Å². The zero-order valence-electron chi connectivity index (χ0n) is 13.2. The van der Waals surface area contributed by atoms with Crippen molar-refractivity contribution in [3.8, 4) is 5.75 Å². The third-order valence-corrected chi connectivity index (χ3v) is 4.58. The van der Waals surface area contributed by atoms with Crippen LogP contribution in [0.2, 0.25) is 0 Å². The van der Waals surface area contributed by atoms with Crippen LogP contribution in [0.25, 0.3) is 5.57 Å². The van der Waals surface area contributed by atoms with Gasteiger partial charge in [0.1, 0.15) is 6.26 Å². The maximum atomic E-state index is 12.1. The van der Waals surface area contributed by atoms with Gasteiger partial charge in [-0.05, 0) is 41.9 Å². The number of nitrogens with zero attached hydrogens (tertiary/aromatic N) is 1. The summed E-state index contributed by atoms with van der Waals surface area (Å²) in [7, 11) is 1.57. The first-order valence-electron chi connectivity index (χ1n) is 6.99. The Morgan fingerprint density at radius 3 is 2.86 bits per heavy atom. The van der Waals surface area contributed by atoms with E-state index in [4.69, 9.17) is 4.74 Å². The molecule has 0 radical (unpaired) electrons. The zero-order valence-corrected chi connectivity index (χ0v) is 14.0. The third-order valence-electron chi connectivity index (χ3n) is 3.58. The lowest BCUT2D eigenvalue weighted by Gasteiger charge is -2.18. The molecule has 1 aliphatic heterocycles. The highest BCUT2D eigenvalue weighted by Gasteiger charge is 2.22. The summed E-state index contributed by atoms with van der Waals surface area (Å²) in [4.78, 5) is 12.0. The summed E-state index contributed by atoms with van der Waals surface area (Å²) in [6.07, 6.45) is 3.98. The molecule has 0 aliphatic carbocycles. The summed E-state index contributed by atoms with van der Waals surface area (Å²) < 4.78 is 17.4. The van der Waals surface area contributed by atoms with Gasteiger partial charge in [0.25, 0.3) is 0 Å². The molecule has 1 amide bonds. The van der Waals surface area contributed by atoms with Crippen LogP contribution in [0, 0.1) is 5.92 Å². The van der Waals surface area contributed by atoms with E-state index in [2.05, 4.69) is 10.5 Å². The van der Waals surface area contributed by atoms with Crippen molar-refractivity contribution in [2.75, 3.05) is 13.4 Å². The lowest BCUT2D eigenvalue weighted by Crippen LogP contribution is -2.30. The quantitative estimate of drug-likeness (QED) is 0.865. The van der Waals surface area contributed by atoms with Crippen LogP contribution in [-0.2, 0) is 16.0 Å². The number of benzene rings is 1. The second-order valence-electron chi connectivity index (χ2n) is 5.30. The molecule has 0 saturated heterocycles. The Balaban J connectivity index is 2.43. The van der Waals surface area contributed by atoms with Gasteiger partial charge in [-0.25, -0.2) is 5.43 Å². The van der Waals surface area contributed by atoms with Crippen LogP contribution in [0.3, 0.4) is 0 Å². The molecule has 0 spiro atoms. The van der Waals surface area contributed by atoms with Gasteiger partial charge in [0.2, 0.25) is 10.8 Å². The first kappa shape index (κ1) is 16.6. The van der Waals surface area contributed by atoms with Crippen molar-refractivity contribution in [2.24, 2.45) is 11.0 Å². The molecular weight excluding hydrogens is 300 g/mol. The molecule has 118 valence electrons. The van der Waals surface area contributed by atoms with Crippen molar-refractivity contribution in [1.29, 1.82) is 0 Å². The number of methoxy groups -OCH3 is 1. The standard InChI is InChI=1S/C16H20N2O3S/c1-10(8-13-11(2)9-15(19)18-17-13)12-6-5-7-14(21-3)16(12)22(4)20/h5-8,11H,9H2,1-4H3,(H,18,19). The number of allylic oxidation sites excluding steroid dienone is 2. The Labute approximate surface area is 133 Å². The van der Waals surface area contributed by atoms with Crippen LogP contribution in [0.1, 0.15) is 25.8 Å². The predicted molar refractivity (Wildman–Crippen MR) is 88.3 cm³/mol. The van der Waals surface area contributed by atoms with E-state index in [0.717, 1.165) is 16.8 Å². The minimum Gasteiger partial charge on any atom is -0.612 e. The van der Waals surface area contributed by atoms with E-state index in [1.165, 1.54) is 0 Å². The third kappa shape index (κ3) is 3.51. The van der Waals surface area contributed by atoms with Crippen molar-refractivity contribution in [3.05, 3.63) is 29.8 Å². The van der Waals surface area contributed by atoms with E-state index in [1.54, 1.807) is 19.4 Å². The minimum atomic E-state index is -1.17. The number of amides is 1. The van der Waals surface area contributed by atoms with Crippen molar-refractivity contribution in [3.63, 3.8) is 0 Å². The summed E-state index contributed by atoms with van der Waals surface area (Å²) in [6, 6.07) is 5.59. The van der Waals surface area contributed by atoms with Gasteiger partial charge in [0.15, 0.2) is 5.75 Å². The molecule has 1 aliphatic rings. The van der Waals surface area contributed by atoms with Crippen molar-refractivity contribution in [2.45, 2.75) is 25.2 Å². The van der Waals surface area contributed by atoms with Crippen LogP contribution in [0.5, 0.6) is 5.75 Å². The fourth-order valence-electron chi connectivity index (χ4n) is 2.42. The molecule has 0 aromatic heterocycles. The van der Waals surface area contributed by atoms with Gasteiger partial charge >= 0.3 is 0 Å². The number of hydrogen-bond acceptors (Lipinski definition) is 4. The summed E-state index contributed by atoms with van der Waals surface area (Å²) >= 11 is -1.17. The summed E-state index contributed by atoms with van der Waals surface area (Å²) in [5.41, 5.74) is 5.12. The fraction of sp³-hybridized carbons (Fsp3) is 0.375. The molecule has 1 aromatic carbocycles. The van der Waals surface area contributed by atoms with Gasteiger partial charge in [-0.3, -0.25) is 4.79 Å². The van der Waals surface area contributed by atoms with E-state index in [1.807, 2.05) is 32.1 Å². The lowest BCUT2D eigenvalue weighted by molar-refractivity contribution is -0.121. The van der Waals surface area contributed by atoms with Crippen molar-refractivity contribution < 1.29 is 14.1 Å². The summed E-state index contributed by atoms with van der Waals surface area (Å²) in [6.45, 7) is 3.91. The van der Waals surface area contributed by atoms with E-state index < -0.39 is 11.2 Å². The largest absolute Gasteiger partial charge is 0.612 e. The Kier molecular flexibility index (Phi) is 5.26. The Bertz CT molecular complexity index is 638. The topological polar surface area (TPSA) is 73.8 Å². The van der Waals surface area contributed by atoms with Crippen LogP contribution < -0.4 is 10.2 Å². The molecule has 1 aromatic rings. The van der Waals surface area contributed by atoms with Gasteiger partial charge in [-0.1, -0.05) is 13.0 Å². The molecule has 6 heteroatoms. The SMILES string of the molecule is COc1cccc(C(C)=CC2=NNC(=O)CC2C)c1[S+](C)[O-].